The Labute approximate surface area is 192 Å². The number of carbonyl (C=O) groups excluding carboxylic acids is 2. The summed E-state index contributed by atoms with van der Waals surface area (Å²) in [4.78, 5) is 24.4. The Balaban J connectivity index is 1.61. The van der Waals surface area contributed by atoms with Crippen molar-refractivity contribution in [2.24, 2.45) is 5.73 Å². The molecule has 0 bridgehead atoms. The second-order valence-corrected chi connectivity index (χ2v) is 8.03. The number of carbonyl (C=O) groups is 2. The first-order chi connectivity index (χ1) is 15.2. The summed E-state index contributed by atoms with van der Waals surface area (Å²) in [5, 5.41) is 12.8. The van der Waals surface area contributed by atoms with Crippen LogP contribution in [0.15, 0.2) is 60.7 Å². The van der Waals surface area contributed by atoms with Crippen LogP contribution in [0.3, 0.4) is 0 Å². The van der Waals surface area contributed by atoms with Crippen LogP contribution in [0.4, 0.5) is 0 Å². The highest BCUT2D eigenvalue weighted by molar-refractivity contribution is 6.32. The highest BCUT2D eigenvalue weighted by Crippen LogP contribution is 2.26. The van der Waals surface area contributed by atoms with Gasteiger partial charge in [0.15, 0.2) is 0 Å². The van der Waals surface area contributed by atoms with Crippen LogP contribution in [0.5, 0.6) is 11.5 Å². The summed E-state index contributed by atoms with van der Waals surface area (Å²) in [6.45, 7) is 4.19. The van der Waals surface area contributed by atoms with Crippen LogP contribution in [0, 0.1) is 13.8 Å². The first-order valence-electron chi connectivity index (χ1n) is 10.1. The van der Waals surface area contributed by atoms with Crippen molar-refractivity contribution in [3.8, 4) is 11.5 Å². The van der Waals surface area contributed by atoms with E-state index in [4.69, 9.17) is 22.1 Å². The lowest BCUT2D eigenvalue weighted by Crippen LogP contribution is -2.45. The Bertz CT molecular complexity index is 1090. The van der Waals surface area contributed by atoms with E-state index < -0.39 is 17.9 Å². The van der Waals surface area contributed by atoms with Gasteiger partial charge in [-0.1, -0.05) is 35.9 Å². The quantitative estimate of drug-likeness (QED) is 0.479. The summed E-state index contributed by atoms with van der Waals surface area (Å²) in [5.74, 6) is -0.183. The number of hydrogen-bond donors (Lipinski definition) is 3. The number of phenolic OH excluding ortho intramolecular Hbond substituents is 1. The summed E-state index contributed by atoms with van der Waals surface area (Å²) in [7, 11) is 0. The van der Waals surface area contributed by atoms with Crippen LogP contribution in [-0.4, -0.2) is 23.0 Å². The smallest absolute Gasteiger partial charge is 0.251 e. The molecule has 2 amide bonds. The van der Waals surface area contributed by atoms with Gasteiger partial charge < -0.3 is 20.9 Å². The van der Waals surface area contributed by atoms with Gasteiger partial charge in [0.05, 0.1) is 0 Å². The van der Waals surface area contributed by atoms with Crippen LogP contribution in [0.1, 0.15) is 32.6 Å². The summed E-state index contributed by atoms with van der Waals surface area (Å²) in [6, 6.07) is 16.2. The molecular formula is C25H25ClN2O4. The van der Waals surface area contributed by atoms with Gasteiger partial charge in [0.1, 0.15) is 24.1 Å². The fraction of sp³-hybridized carbons (Fsp3) is 0.200. The van der Waals surface area contributed by atoms with Crippen molar-refractivity contribution in [2.45, 2.75) is 32.9 Å². The predicted octanol–water partition coefficient (Wildman–Crippen LogP) is 4.07. The number of amides is 2. The highest BCUT2D eigenvalue weighted by Gasteiger charge is 2.19. The van der Waals surface area contributed by atoms with Gasteiger partial charge in [0, 0.05) is 17.0 Å². The fourth-order valence-corrected chi connectivity index (χ4v) is 3.35. The zero-order valence-corrected chi connectivity index (χ0v) is 18.6. The third-order valence-electron chi connectivity index (χ3n) is 5.06. The zero-order valence-electron chi connectivity index (χ0n) is 17.9. The lowest BCUT2D eigenvalue weighted by atomic mass is 10.0. The van der Waals surface area contributed by atoms with Crippen molar-refractivity contribution in [1.29, 1.82) is 0 Å². The fourth-order valence-electron chi connectivity index (χ4n) is 3.24. The number of aromatic hydroxyl groups is 1. The number of phenols is 1. The van der Waals surface area contributed by atoms with Crippen molar-refractivity contribution in [3.05, 3.63) is 93.5 Å². The number of nitrogens with two attached hydrogens (primary N) is 1. The van der Waals surface area contributed by atoms with E-state index in [9.17, 15) is 14.7 Å². The molecule has 32 heavy (non-hydrogen) atoms. The number of aryl methyl sites for hydroxylation is 2. The number of halogens is 1. The molecule has 6 nitrogen and oxygen atoms in total. The molecule has 0 saturated carbocycles. The number of hydrogen-bond acceptors (Lipinski definition) is 4. The Hall–Kier alpha value is -3.51. The highest BCUT2D eigenvalue weighted by atomic mass is 35.5. The van der Waals surface area contributed by atoms with Crippen molar-refractivity contribution in [3.63, 3.8) is 0 Å². The van der Waals surface area contributed by atoms with Gasteiger partial charge in [0.25, 0.3) is 5.91 Å². The van der Waals surface area contributed by atoms with E-state index in [1.54, 1.807) is 36.4 Å². The lowest BCUT2D eigenvalue weighted by Gasteiger charge is -2.16. The van der Waals surface area contributed by atoms with Crippen LogP contribution < -0.4 is 15.8 Å². The third kappa shape index (κ3) is 6.02. The molecule has 1 unspecified atom stereocenters. The average Bonchev–Trinajstić information content (AvgIpc) is 2.77. The molecule has 3 rings (SSSR count). The number of primary amides is 1. The lowest BCUT2D eigenvalue weighted by molar-refractivity contribution is -0.119. The summed E-state index contributed by atoms with van der Waals surface area (Å²) >= 11 is 6.19. The molecule has 0 spiro atoms. The number of benzene rings is 3. The van der Waals surface area contributed by atoms with Gasteiger partial charge >= 0.3 is 0 Å². The molecule has 1 atom stereocenters. The van der Waals surface area contributed by atoms with E-state index >= 15 is 0 Å². The minimum atomic E-state index is -0.869. The topological polar surface area (TPSA) is 102 Å². The molecule has 166 valence electrons. The number of nitrogens with one attached hydrogen (secondary N) is 1. The average molecular weight is 453 g/mol. The van der Waals surface area contributed by atoms with Crippen molar-refractivity contribution in [2.75, 3.05) is 0 Å². The molecule has 7 heteroatoms. The Morgan fingerprint density at radius 3 is 2.12 bits per heavy atom. The molecule has 0 saturated heterocycles. The third-order valence-corrected chi connectivity index (χ3v) is 5.65. The minimum Gasteiger partial charge on any atom is -0.508 e. The normalized spacial score (nSPS) is 11.6. The van der Waals surface area contributed by atoms with Gasteiger partial charge in [-0.15, -0.1) is 0 Å². The maximum absolute atomic E-state index is 12.6. The monoisotopic (exact) mass is 452 g/mol. The van der Waals surface area contributed by atoms with Gasteiger partial charge in [0.2, 0.25) is 5.91 Å². The maximum Gasteiger partial charge on any atom is 0.251 e. The van der Waals surface area contributed by atoms with E-state index in [1.807, 2.05) is 26.0 Å². The first kappa shape index (κ1) is 23.2. The predicted molar refractivity (Wildman–Crippen MR) is 124 cm³/mol. The minimum absolute atomic E-state index is 0.124. The molecular weight excluding hydrogens is 428 g/mol. The Morgan fingerprint density at radius 2 is 1.56 bits per heavy atom. The molecule has 3 aromatic rings. The number of rotatable bonds is 8. The van der Waals surface area contributed by atoms with Crippen LogP contribution in [0.25, 0.3) is 0 Å². The standard InChI is InChI=1S/C25H25ClN2O4/c1-15-11-21(12-16(2)23(15)26)32-14-18-3-7-19(8-4-18)25(31)28-22(24(27)30)13-17-5-9-20(29)10-6-17/h3-12,22,29H,13-14H2,1-2H3,(H2,27,30)(H,28,31). The molecule has 4 N–H and O–H groups in total. The Kier molecular flexibility index (Phi) is 7.38. The molecule has 0 aliphatic rings. The molecule has 0 radical (unpaired) electrons. The summed E-state index contributed by atoms with van der Waals surface area (Å²) in [5.41, 5.74) is 9.43. The van der Waals surface area contributed by atoms with Crippen molar-refractivity contribution in [1.82, 2.24) is 5.32 Å². The van der Waals surface area contributed by atoms with Gasteiger partial charge in [-0.05, 0) is 72.5 Å². The summed E-state index contributed by atoms with van der Waals surface area (Å²) in [6.07, 6.45) is 0.229. The zero-order chi connectivity index (χ0) is 23.3. The van der Waals surface area contributed by atoms with Gasteiger partial charge in [-0.2, -0.15) is 0 Å². The van der Waals surface area contributed by atoms with Crippen LogP contribution in [0.2, 0.25) is 5.02 Å². The largest absolute Gasteiger partial charge is 0.508 e. The Morgan fingerprint density at radius 1 is 1.00 bits per heavy atom. The van der Waals surface area contributed by atoms with E-state index in [1.165, 1.54) is 12.1 Å². The molecule has 0 aromatic heterocycles. The second kappa shape index (κ2) is 10.2. The molecule has 0 aliphatic heterocycles. The molecule has 3 aromatic carbocycles. The SMILES string of the molecule is Cc1cc(OCc2ccc(C(=O)NC(Cc3ccc(O)cc3)C(N)=O)cc2)cc(C)c1Cl. The number of ether oxygens (including phenoxy) is 1. The first-order valence-corrected chi connectivity index (χ1v) is 10.5. The van der Waals surface area contributed by atoms with Gasteiger partial charge in [-0.25, -0.2) is 0 Å². The van der Waals surface area contributed by atoms with E-state index in [0.29, 0.717) is 12.2 Å². The van der Waals surface area contributed by atoms with Gasteiger partial charge in [-0.3, -0.25) is 9.59 Å². The maximum atomic E-state index is 12.6. The van der Waals surface area contributed by atoms with E-state index in [0.717, 1.165) is 33.0 Å². The summed E-state index contributed by atoms with van der Waals surface area (Å²) < 4.78 is 5.84. The molecule has 0 heterocycles. The molecule has 0 fully saturated rings. The van der Waals surface area contributed by atoms with Crippen molar-refractivity contribution < 1.29 is 19.4 Å². The molecule has 0 aliphatic carbocycles. The van der Waals surface area contributed by atoms with E-state index in [2.05, 4.69) is 5.32 Å². The van der Waals surface area contributed by atoms with Crippen LogP contribution >= 0.6 is 11.6 Å². The van der Waals surface area contributed by atoms with Crippen molar-refractivity contribution >= 4 is 23.4 Å². The second-order valence-electron chi connectivity index (χ2n) is 7.66. The van der Waals surface area contributed by atoms with Crippen LogP contribution in [-0.2, 0) is 17.8 Å². The van der Waals surface area contributed by atoms with E-state index in [-0.39, 0.29) is 12.2 Å².